The van der Waals surface area contributed by atoms with Crippen molar-refractivity contribution in [2.45, 2.75) is 39.5 Å². The third-order valence-electron chi connectivity index (χ3n) is 3.97. The van der Waals surface area contributed by atoms with E-state index in [0.717, 1.165) is 0 Å². The normalized spacial score (nSPS) is 12.8. The summed E-state index contributed by atoms with van der Waals surface area (Å²) < 4.78 is 4.89. The molecule has 0 spiro atoms. The monoisotopic (exact) mass is 377 g/mol. The Kier molecular flexibility index (Phi) is 8.47. The van der Waals surface area contributed by atoms with E-state index in [0.29, 0.717) is 11.3 Å². The largest absolute Gasteiger partial charge is 0.445 e. The molecule has 0 saturated heterocycles. The highest BCUT2D eigenvalue weighted by atomic mass is 16.5. The molecule has 1 aromatic carbocycles. The van der Waals surface area contributed by atoms with Gasteiger partial charge < -0.3 is 20.9 Å². The second-order valence-corrected chi connectivity index (χ2v) is 6.36. The van der Waals surface area contributed by atoms with Crippen molar-refractivity contribution in [1.29, 1.82) is 0 Å². The number of aliphatic hydroxyl groups is 1. The molecular formula is C19H27N3O5. The lowest BCUT2D eigenvalue weighted by molar-refractivity contribution is -0.126. The quantitative estimate of drug-likeness (QED) is 0.560. The van der Waals surface area contributed by atoms with Crippen LogP contribution in [0.5, 0.6) is 0 Å². The summed E-state index contributed by atoms with van der Waals surface area (Å²) in [5.41, 5.74) is 6.50. The van der Waals surface area contributed by atoms with E-state index >= 15 is 0 Å². The van der Waals surface area contributed by atoms with E-state index < -0.39 is 30.0 Å². The van der Waals surface area contributed by atoms with E-state index in [2.05, 4.69) is 11.9 Å². The number of rotatable bonds is 9. The number of nitrogens with zero attached hydrogens (tertiary/aromatic N) is 1. The minimum absolute atomic E-state index is 0.00879. The van der Waals surface area contributed by atoms with Crippen molar-refractivity contribution >= 4 is 23.6 Å². The summed E-state index contributed by atoms with van der Waals surface area (Å²) >= 11 is 0. The van der Waals surface area contributed by atoms with E-state index in [9.17, 15) is 19.5 Å². The van der Waals surface area contributed by atoms with Gasteiger partial charge in [-0.2, -0.15) is 0 Å². The second-order valence-electron chi connectivity index (χ2n) is 6.36. The van der Waals surface area contributed by atoms with E-state index in [1.54, 1.807) is 38.1 Å². The molecule has 0 heterocycles. The van der Waals surface area contributed by atoms with Crippen molar-refractivity contribution in [3.8, 4) is 0 Å². The molecule has 0 aliphatic carbocycles. The summed E-state index contributed by atoms with van der Waals surface area (Å²) in [6.07, 6.45) is 0.653. The SMILES string of the molecule is C=CCOC(=O)N[C@H](C(=O)N(c1ccc(CO)cc1)[C@@H](C)C(N)=O)C(C)C. The molecule has 4 N–H and O–H groups in total. The highest BCUT2D eigenvalue weighted by molar-refractivity contribution is 6.03. The number of carbonyl (C=O) groups is 3. The van der Waals surface area contributed by atoms with Crippen LogP contribution in [0.1, 0.15) is 26.3 Å². The number of primary amides is 1. The fraction of sp³-hybridized carbons (Fsp3) is 0.421. The first-order valence-electron chi connectivity index (χ1n) is 8.59. The molecule has 0 aliphatic heterocycles. The Labute approximate surface area is 159 Å². The van der Waals surface area contributed by atoms with Crippen LogP contribution in [-0.4, -0.2) is 41.7 Å². The van der Waals surface area contributed by atoms with Crippen molar-refractivity contribution in [2.24, 2.45) is 11.7 Å². The van der Waals surface area contributed by atoms with E-state index in [4.69, 9.17) is 10.5 Å². The van der Waals surface area contributed by atoms with Gasteiger partial charge in [0.25, 0.3) is 5.91 Å². The van der Waals surface area contributed by atoms with Gasteiger partial charge in [0, 0.05) is 5.69 Å². The molecule has 1 aromatic rings. The van der Waals surface area contributed by atoms with Crippen LogP contribution < -0.4 is 16.0 Å². The van der Waals surface area contributed by atoms with Crippen LogP contribution in [0.4, 0.5) is 10.5 Å². The number of hydrogen-bond donors (Lipinski definition) is 3. The first-order valence-corrected chi connectivity index (χ1v) is 8.59. The molecule has 0 saturated carbocycles. The van der Waals surface area contributed by atoms with Gasteiger partial charge in [0.05, 0.1) is 6.61 Å². The molecule has 0 radical (unpaired) electrons. The predicted octanol–water partition coefficient (Wildman–Crippen LogP) is 1.32. The van der Waals surface area contributed by atoms with Crippen LogP contribution in [0.15, 0.2) is 36.9 Å². The van der Waals surface area contributed by atoms with Gasteiger partial charge in [-0.1, -0.05) is 38.6 Å². The zero-order valence-electron chi connectivity index (χ0n) is 15.8. The smallest absolute Gasteiger partial charge is 0.408 e. The molecule has 148 valence electrons. The first-order chi connectivity index (χ1) is 12.7. The summed E-state index contributed by atoms with van der Waals surface area (Å²) in [6, 6.07) is 4.62. The van der Waals surface area contributed by atoms with Crippen LogP contribution in [0, 0.1) is 5.92 Å². The van der Waals surface area contributed by atoms with Gasteiger partial charge >= 0.3 is 6.09 Å². The van der Waals surface area contributed by atoms with Gasteiger partial charge in [-0.05, 0) is 30.5 Å². The fourth-order valence-corrected chi connectivity index (χ4v) is 2.40. The maximum absolute atomic E-state index is 13.2. The summed E-state index contributed by atoms with van der Waals surface area (Å²) in [4.78, 5) is 38.1. The van der Waals surface area contributed by atoms with Crippen LogP contribution in [-0.2, 0) is 20.9 Å². The Bertz CT molecular complexity index is 672. The lowest BCUT2D eigenvalue weighted by Crippen LogP contribution is -2.56. The Hall–Kier alpha value is -2.87. The van der Waals surface area contributed by atoms with Crippen molar-refractivity contribution in [1.82, 2.24) is 5.32 Å². The molecule has 0 bridgehead atoms. The zero-order chi connectivity index (χ0) is 20.6. The van der Waals surface area contributed by atoms with E-state index in [1.165, 1.54) is 17.9 Å². The van der Waals surface area contributed by atoms with Crippen LogP contribution in [0.25, 0.3) is 0 Å². The number of alkyl carbamates (subject to hydrolysis) is 1. The van der Waals surface area contributed by atoms with Crippen LogP contribution in [0.2, 0.25) is 0 Å². The molecule has 0 aromatic heterocycles. The molecular weight excluding hydrogens is 350 g/mol. The summed E-state index contributed by atoms with van der Waals surface area (Å²) in [5.74, 6) is -1.46. The minimum atomic E-state index is -0.940. The zero-order valence-corrected chi connectivity index (χ0v) is 15.8. The number of aliphatic hydroxyl groups excluding tert-OH is 1. The number of nitrogens with two attached hydrogens (primary N) is 1. The van der Waals surface area contributed by atoms with Gasteiger partial charge in [0.2, 0.25) is 5.91 Å². The number of amides is 3. The molecule has 0 aliphatic rings. The lowest BCUT2D eigenvalue weighted by atomic mass is 10.0. The van der Waals surface area contributed by atoms with Crippen molar-refractivity contribution in [3.05, 3.63) is 42.5 Å². The van der Waals surface area contributed by atoms with E-state index in [1.807, 2.05) is 0 Å². The second kappa shape index (κ2) is 10.3. The fourth-order valence-electron chi connectivity index (χ4n) is 2.40. The summed E-state index contributed by atoms with van der Waals surface area (Å²) in [6.45, 7) is 8.35. The first kappa shape index (κ1) is 22.2. The number of benzene rings is 1. The number of hydrogen-bond acceptors (Lipinski definition) is 5. The van der Waals surface area contributed by atoms with Crippen LogP contribution >= 0.6 is 0 Å². The third-order valence-corrected chi connectivity index (χ3v) is 3.97. The van der Waals surface area contributed by atoms with Gasteiger partial charge in [-0.15, -0.1) is 0 Å². The maximum atomic E-state index is 13.2. The molecule has 0 fully saturated rings. The number of ether oxygens (including phenoxy) is 1. The van der Waals surface area contributed by atoms with Crippen molar-refractivity contribution in [2.75, 3.05) is 11.5 Å². The summed E-state index contributed by atoms with van der Waals surface area (Å²) in [5, 5.41) is 11.7. The topological polar surface area (TPSA) is 122 Å². The lowest BCUT2D eigenvalue weighted by Gasteiger charge is -2.32. The Morgan fingerprint density at radius 1 is 1.26 bits per heavy atom. The highest BCUT2D eigenvalue weighted by Gasteiger charge is 2.34. The maximum Gasteiger partial charge on any atom is 0.408 e. The van der Waals surface area contributed by atoms with E-state index in [-0.39, 0.29) is 19.1 Å². The van der Waals surface area contributed by atoms with Crippen LogP contribution in [0.3, 0.4) is 0 Å². The molecule has 8 nitrogen and oxygen atoms in total. The average Bonchev–Trinajstić information content (AvgIpc) is 2.64. The molecule has 1 rings (SSSR count). The molecule has 27 heavy (non-hydrogen) atoms. The number of carbonyl (C=O) groups excluding carboxylic acids is 3. The predicted molar refractivity (Wildman–Crippen MR) is 102 cm³/mol. The molecule has 2 atom stereocenters. The number of anilines is 1. The average molecular weight is 377 g/mol. The van der Waals surface area contributed by atoms with Gasteiger partial charge in [0.15, 0.2) is 0 Å². The minimum Gasteiger partial charge on any atom is -0.445 e. The Morgan fingerprint density at radius 3 is 2.30 bits per heavy atom. The van der Waals surface area contributed by atoms with Gasteiger partial charge in [0.1, 0.15) is 18.7 Å². The third kappa shape index (κ3) is 6.10. The van der Waals surface area contributed by atoms with Gasteiger partial charge in [-0.3, -0.25) is 14.5 Å². The number of nitrogens with one attached hydrogen (secondary N) is 1. The van der Waals surface area contributed by atoms with Crippen molar-refractivity contribution in [3.63, 3.8) is 0 Å². The molecule has 3 amide bonds. The molecule has 0 unspecified atom stereocenters. The highest BCUT2D eigenvalue weighted by Crippen LogP contribution is 2.21. The molecule has 8 heteroatoms. The van der Waals surface area contributed by atoms with Gasteiger partial charge in [-0.25, -0.2) is 4.79 Å². The summed E-state index contributed by atoms with van der Waals surface area (Å²) in [7, 11) is 0. The Morgan fingerprint density at radius 2 is 1.85 bits per heavy atom. The standard InChI is InChI=1S/C19H27N3O5/c1-5-10-27-19(26)21-16(12(2)3)18(25)22(13(4)17(20)24)15-8-6-14(11-23)7-9-15/h5-9,12-13,16,23H,1,10-11H2,2-4H3,(H2,20,24)(H,21,26)/t13-,16-/m0/s1. The Balaban J connectivity index is 3.19. The van der Waals surface area contributed by atoms with Crippen molar-refractivity contribution < 1.29 is 24.2 Å².